The van der Waals surface area contributed by atoms with Crippen LogP contribution in [-0.4, -0.2) is 16.4 Å². The van der Waals surface area contributed by atoms with Crippen molar-refractivity contribution in [1.82, 2.24) is 9.78 Å². The van der Waals surface area contributed by atoms with E-state index in [2.05, 4.69) is 12.0 Å². The number of hydrogen-bond acceptors (Lipinski definition) is 2. The molecule has 11 heavy (non-hydrogen) atoms. The Kier molecular flexibility index (Phi) is 1.66. The summed E-state index contributed by atoms with van der Waals surface area (Å²) in [6.07, 6.45) is 2.98. The summed E-state index contributed by atoms with van der Waals surface area (Å²) in [5, 5.41) is 4.25. The maximum atomic E-state index is 5.34. The number of aryl methyl sites for hydroxylation is 1. The van der Waals surface area contributed by atoms with Crippen molar-refractivity contribution in [2.24, 2.45) is 0 Å². The van der Waals surface area contributed by atoms with E-state index in [1.54, 1.807) is 0 Å². The van der Waals surface area contributed by atoms with Crippen molar-refractivity contribution < 1.29 is 4.74 Å². The van der Waals surface area contributed by atoms with Gasteiger partial charge in [-0.15, -0.1) is 0 Å². The summed E-state index contributed by atoms with van der Waals surface area (Å²) in [5.41, 5.74) is 2.62. The quantitative estimate of drug-likeness (QED) is 0.599. The molecule has 0 fully saturated rings. The lowest BCUT2D eigenvalue weighted by atomic mass is 10.1. The molecule has 0 unspecified atom stereocenters. The van der Waals surface area contributed by atoms with Crippen molar-refractivity contribution in [3.63, 3.8) is 0 Å². The maximum Gasteiger partial charge on any atom is 0.0887 e. The van der Waals surface area contributed by atoms with E-state index in [-0.39, 0.29) is 0 Å². The van der Waals surface area contributed by atoms with Crippen LogP contribution in [-0.2, 0) is 24.3 Å². The molecule has 3 heteroatoms. The van der Waals surface area contributed by atoms with Crippen LogP contribution in [0.1, 0.15) is 18.2 Å². The van der Waals surface area contributed by atoms with Crippen LogP contribution in [0.2, 0.25) is 0 Å². The van der Waals surface area contributed by atoms with Gasteiger partial charge in [-0.3, -0.25) is 4.68 Å². The van der Waals surface area contributed by atoms with Crippen LogP contribution >= 0.6 is 0 Å². The third-order valence-corrected chi connectivity index (χ3v) is 2.09. The van der Waals surface area contributed by atoms with Crippen LogP contribution in [0, 0.1) is 0 Å². The van der Waals surface area contributed by atoms with Crippen LogP contribution in [0.15, 0.2) is 6.20 Å². The molecule has 0 N–H and O–H groups in total. The van der Waals surface area contributed by atoms with Crippen LogP contribution < -0.4 is 0 Å². The third-order valence-electron chi connectivity index (χ3n) is 2.09. The molecular weight excluding hydrogens is 140 g/mol. The largest absolute Gasteiger partial charge is 0.375 e. The Morgan fingerprint density at radius 2 is 2.64 bits per heavy atom. The summed E-state index contributed by atoms with van der Waals surface area (Å²) in [6, 6.07) is 0. The molecule has 0 spiro atoms. The highest BCUT2D eigenvalue weighted by atomic mass is 16.5. The van der Waals surface area contributed by atoms with Gasteiger partial charge in [-0.25, -0.2) is 0 Å². The van der Waals surface area contributed by atoms with Gasteiger partial charge in [-0.1, -0.05) is 0 Å². The van der Waals surface area contributed by atoms with Crippen LogP contribution in [0.3, 0.4) is 0 Å². The molecule has 0 aliphatic carbocycles. The maximum absolute atomic E-state index is 5.34. The monoisotopic (exact) mass is 152 g/mol. The molecule has 0 aromatic carbocycles. The summed E-state index contributed by atoms with van der Waals surface area (Å²) in [5.74, 6) is 0. The number of hydrogen-bond donors (Lipinski definition) is 0. The van der Waals surface area contributed by atoms with Gasteiger partial charge in [0, 0.05) is 6.54 Å². The summed E-state index contributed by atoms with van der Waals surface area (Å²) >= 11 is 0. The zero-order valence-corrected chi connectivity index (χ0v) is 6.71. The fourth-order valence-corrected chi connectivity index (χ4v) is 1.45. The fraction of sp³-hybridized carbons (Fsp3) is 0.625. The zero-order valence-electron chi connectivity index (χ0n) is 6.71. The predicted molar refractivity (Wildman–Crippen MR) is 41.3 cm³/mol. The number of nitrogens with zero attached hydrogens (tertiary/aromatic N) is 2. The first-order valence-corrected chi connectivity index (χ1v) is 4.03. The average Bonchev–Trinajstić information content (AvgIpc) is 2.47. The van der Waals surface area contributed by atoms with Crippen molar-refractivity contribution in [2.45, 2.75) is 26.5 Å². The molecule has 3 nitrogen and oxygen atoms in total. The topological polar surface area (TPSA) is 27.1 Å². The van der Waals surface area contributed by atoms with Crippen molar-refractivity contribution in [2.75, 3.05) is 6.61 Å². The molecule has 0 radical (unpaired) electrons. The molecule has 60 valence electrons. The van der Waals surface area contributed by atoms with E-state index in [9.17, 15) is 0 Å². The van der Waals surface area contributed by atoms with Crippen molar-refractivity contribution in [3.8, 4) is 0 Å². The molecular formula is C8H12N2O. The molecule has 0 bridgehead atoms. The van der Waals surface area contributed by atoms with Gasteiger partial charge in [0.25, 0.3) is 0 Å². The second-order valence-electron chi connectivity index (χ2n) is 2.73. The van der Waals surface area contributed by atoms with Gasteiger partial charge < -0.3 is 4.74 Å². The first-order chi connectivity index (χ1) is 5.42. The first-order valence-electron chi connectivity index (χ1n) is 4.03. The molecule has 2 heterocycles. The Bertz CT molecular complexity index is 241. The average molecular weight is 152 g/mol. The molecule has 1 aliphatic heterocycles. The highest BCUT2D eigenvalue weighted by Gasteiger charge is 2.13. The molecule has 0 amide bonds. The minimum Gasteiger partial charge on any atom is -0.375 e. The lowest BCUT2D eigenvalue weighted by Gasteiger charge is -2.13. The van der Waals surface area contributed by atoms with Crippen LogP contribution in [0.5, 0.6) is 0 Å². The second-order valence-corrected chi connectivity index (χ2v) is 2.73. The molecule has 1 aliphatic rings. The predicted octanol–water partition coefficient (Wildman–Crippen LogP) is 0.976. The van der Waals surface area contributed by atoms with Gasteiger partial charge in [0.15, 0.2) is 0 Å². The molecule has 0 saturated heterocycles. The summed E-state index contributed by atoms with van der Waals surface area (Å²) in [4.78, 5) is 0. The van der Waals surface area contributed by atoms with Gasteiger partial charge in [0.05, 0.1) is 25.1 Å². The number of rotatable bonds is 1. The van der Waals surface area contributed by atoms with Gasteiger partial charge in [-0.2, -0.15) is 5.10 Å². The van der Waals surface area contributed by atoms with Gasteiger partial charge in [-0.05, 0) is 18.9 Å². The fourth-order valence-electron chi connectivity index (χ4n) is 1.45. The van der Waals surface area contributed by atoms with Gasteiger partial charge in [0.1, 0.15) is 0 Å². The van der Waals surface area contributed by atoms with Crippen molar-refractivity contribution in [1.29, 1.82) is 0 Å². The van der Waals surface area contributed by atoms with Gasteiger partial charge in [0.2, 0.25) is 0 Å². The lowest BCUT2D eigenvalue weighted by molar-refractivity contribution is 0.104. The van der Waals surface area contributed by atoms with E-state index in [4.69, 9.17) is 4.74 Å². The summed E-state index contributed by atoms with van der Waals surface area (Å²) in [6.45, 7) is 4.63. The number of ether oxygens (including phenoxy) is 1. The Morgan fingerprint density at radius 1 is 1.73 bits per heavy atom. The smallest absolute Gasteiger partial charge is 0.0887 e. The highest BCUT2D eigenvalue weighted by Crippen LogP contribution is 2.15. The van der Waals surface area contributed by atoms with Crippen LogP contribution in [0.25, 0.3) is 0 Å². The van der Waals surface area contributed by atoms with Crippen molar-refractivity contribution in [3.05, 3.63) is 17.5 Å². The Morgan fingerprint density at radius 3 is 3.45 bits per heavy atom. The Labute approximate surface area is 66.0 Å². The van der Waals surface area contributed by atoms with Gasteiger partial charge >= 0.3 is 0 Å². The first kappa shape index (κ1) is 6.85. The molecule has 2 rings (SSSR count). The normalized spacial score (nSPS) is 16.5. The van der Waals surface area contributed by atoms with E-state index < -0.39 is 0 Å². The molecule has 0 saturated carbocycles. The lowest BCUT2D eigenvalue weighted by Crippen LogP contribution is -2.12. The molecule has 1 aromatic rings. The molecule has 1 aromatic heterocycles. The SMILES string of the molecule is CCn1ncc2c1COCC2. The zero-order chi connectivity index (χ0) is 7.68. The van der Waals surface area contributed by atoms with Crippen LogP contribution in [0.4, 0.5) is 0 Å². The van der Waals surface area contributed by atoms with Crippen molar-refractivity contribution >= 4 is 0 Å². The van der Waals surface area contributed by atoms with E-state index in [0.717, 1.165) is 26.2 Å². The Balaban J connectivity index is 2.38. The van der Waals surface area contributed by atoms with E-state index >= 15 is 0 Å². The standard InChI is InChI=1S/C8H12N2O/c1-2-10-8-6-11-4-3-7(8)5-9-10/h5H,2-4,6H2,1H3. The third kappa shape index (κ3) is 1.05. The van der Waals surface area contributed by atoms with E-state index in [1.807, 2.05) is 10.9 Å². The minimum absolute atomic E-state index is 0.739. The highest BCUT2D eigenvalue weighted by molar-refractivity contribution is 5.18. The summed E-state index contributed by atoms with van der Waals surface area (Å²) < 4.78 is 7.34. The number of fused-ring (bicyclic) bond motifs is 1. The summed E-state index contributed by atoms with van der Waals surface area (Å²) in [7, 11) is 0. The van der Waals surface area contributed by atoms with E-state index in [0.29, 0.717) is 0 Å². The Hall–Kier alpha value is -0.830. The second kappa shape index (κ2) is 2.66. The van der Waals surface area contributed by atoms with E-state index in [1.165, 1.54) is 11.3 Å². The number of aromatic nitrogens is 2. The molecule has 0 atom stereocenters. The minimum atomic E-state index is 0.739.